The van der Waals surface area contributed by atoms with Gasteiger partial charge >= 0.3 is 10.4 Å². The second kappa shape index (κ2) is 4.93. The predicted octanol–water partition coefficient (Wildman–Crippen LogP) is 1.92. The fourth-order valence-corrected chi connectivity index (χ4v) is 2.22. The fraction of sp³-hybridized carbons (Fsp3) is 1.00. The molecule has 0 spiro atoms. The summed E-state index contributed by atoms with van der Waals surface area (Å²) in [4.78, 5) is 0. The van der Waals surface area contributed by atoms with Gasteiger partial charge in [-0.2, -0.15) is 8.42 Å². The molecule has 1 rings (SSSR count). The van der Waals surface area contributed by atoms with Crippen LogP contribution in [0.15, 0.2) is 0 Å². The Bertz CT molecular complexity index is 227. The lowest BCUT2D eigenvalue weighted by molar-refractivity contribution is 0.152. The first kappa shape index (κ1) is 10.9. The first-order valence-electron chi connectivity index (χ1n) is 4.73. The normalized spacial score (nSPS) is 22.2. The molecule has 0 bridgehead atoms. The zero-order chi connectivity index (χ0) is 9.73. The highest BCUT2D eigenvalue weighted by molar-refractivity contribution is 7.80. The first-order valence-corrected chi connectivity index (χ1v) is 6.10. The molecule has 1 fully saturated rings. The van der Waals surface area contributed by atoms with Gasteiger partial charge in [-0.05, 0) is 12.8 Å². The van der Waals surface area contributed by atoms with Crippen LogP contribution < -0.4 is 0 Å². The Kier molecular flexibility index (Phi) is 4.15. The van der Waals surface area contributed by atoms with Gasteiger partial charge in [0.15, 0.2) is 0 Å². The van der Waals surface area contributed by atoms with Gasteiger partial charge in [-0.25, -0.2) is 4.18 Å². The van der Waals surface area contributed by atoms with Crippen LogP contribution in [0.1, 0.15) is 44.9 Å². The molecular weight excluding hydrogens is 192 g/mol. The molecule has 0 unspecified atom stereocenters. The third kappa shape index (κ3) is 5.23. The molecule has 0 aromatic carbocycles. The van der Waals surface area contributed by atoms with Crippen molar-refractivity contribution in [3.05, 3.63) is 0 Å². The van der Waals surface area contributed by atoms with E-state index in [1.165, 1.54) is 6.42 Å². The van der Waals surface area contributed by atoms with Gasteiger partial charge in [-0.15, -0.1) is 0 Å². The third-order valence-electron chi connectivity index (χ3n) is 2.31. The van der Waals surface area contributed by atoms with Crippen LogP contribution in [-0.2, 0) is 14.6 Å². The smallest absolute Gasteiger partial charge is 0.264 e. The molecule has 0 aromatic heterocycles. The minimum Gasteiger partial charge on any atom is -0.264 e. The Balaban J connectivity index is 2.38. The predicted molar refractivity (Wildman–Crippen MR) is 48.7 cm³/mol. The Morgan fingerprint density at radius 1 is 1.00 bits per heavy atom. The van der Waals surface area contributed by atoms with Crippen molar-refractivity contribution in [1.29, 1.82) is 0 Å². The second-order valence-electron chi connectivity index (χ2n) is 3.49. The quantitative estimate of drug-likeness (QED) is 0.704. The lowest BCUT2D eigenvalue weighted by Gasteiger charge is -2.17. The van der Waals surface area contributed by atoms with Crippen LogP contribution in [0.2, 0.25) is 0 Å². The topological polar surface area (TPSA) is 63.6 Å². The lowest BCUT2D eigenvalue weighted by Crippen LogP contribution is -2.18. The molecule has 1 N–H and O–H groups in total. The monoisotopic (exact) mass is 208 g/mol. The molecule has 0 saturated heterocycles. The summed E-state index contributed by atoms with van der Waals surface area (Å²) in [7, 11) is -4.25. The Labute approximate surface area is 79.2 Å². The third-order valence-corrected chi connectivity index (χ3v) is 2.83. The van der Waals surface area contributed by atoms with Gasteiger partial charge < -0.3 is 0 Å². The van der Waals surface area contributed by atoms with E-state index < -0.39 is 10.4 Å². The Morgan fingerprint density at radius 3 is 1.92 bits per heavy atom. The number of rotatable bonds is 2. The molecule has 1 saturated carbocycles. The van der Waals surface area contributed by atoms with Crippen LogP contribution in [0.4, 0.5) is 0 Å². The standard InChI is InChI=1S/C8H16O4S/c9-13(10,11)12-8-6-4-2-1-3-5-7-8/h8H,1-7H2,(H,9,10,11). The molecule has 0 heterocycles. The van der Waals surface area contributed by atoms with Crippen molar-refractivity contribution in [3.63, 3.8) is 0 Å². The average Bonchev–Trinajstić information content (AvgIpc) is 1.92. The molecule has 0 atom stereocenters. The van der Waals surface area contributed by atoms with Crippen LogP contribution in [-0.4, -0.2) is 19.1 Å². The van der Waals surface area contributed by atoms with Crippen molar-refractivity contribution in [2.45, 2.75) is 51.0 Å². The highest BCUT2D eigenvalue weighted by atomic mass is 32.3. The molecule has 4 nitrogen and oxygen atoms in total. The van der Waals surface area contributed by atoms with Gasteiger partial charge in [-0.1, -0.05) is 32.1 Å². The fourth-order valence-electron chi connectivity index (χ4n) is 1.69. The summed E-state index contributed by atoms with van der Waals surface area (Å²) >= 11 is 0. The largest absolute Gasteiger partial charge is 0.397 e. The minimum absolute atomic E-state index is 0.310. The molecule has 0 aliphatic heterocycles. The number of hydrogen-bond donors (Lipinski definition) is 1. The van der Waals surface area contributed by atoms with Gasteiger partial charge in [0.2, 0.25) is 0 Å². The maximum Gasteiger partial charge on any atom is 0.397 e. The first-order chi connectivity index (χ1) is 6.08. The SMILES string of the molecule is O=S(=O)(O)OC1CCCCCCC1. The Morgan fingerprint density at radius 2 is 1.46 bits per heavy atom. The molecule has 1 aliphatic rings. The molecule has 78 valence electrons. The van der Waals surface area contributed by atoms with E-state index in [2.05, 4.69) is 4.18 Å². The van der Waals surface area contributed by atoms with E-state index in [1.54, 1.807) is 0 Å². The van der Waals surface area contributed by atoms with E-state index in [0.29, 0.717) is 0 Å². The van der Waals surface area contributed by atoms with Crippen molar-refractivity contribution >= 4 is 10.4 Å². The zero-order valence-corrected chi connectivity index (χ0v) is 8.42. The minimum atomic E-state index is -4.25. The summed E-state index contributed by atoms with van der Waals surface area (Å²) in [6, 6.07) is 0. The van der Waals surface area contributed by atoms with Crippen molar-refractivity contribution in [2.24, 2.45) is 0 Å². The average molecular weight is 208 g/mol. The summed E-state index contributed by atoms with van der Waals surface area (Å²) in [5.74, 6) is 0. The van der Waals surface area contributed by atoms with Crippen LogP contribution in [0.5, 0.6) is 0 Å². The van der Waals surface area contributed by atoms with E-state index in [1.807, 2.05) is 0 Å². The van der Waals surface area contributed by atoms with E-state index >= 15 is 0 Å². The summed E-state index contributed by atoms with van der Waals surface area (Å²) in [5, 5.41) is 0. The van der Waals surface area contributed by atoms with Crippen molar-refractivity contribution in [1.82, 2.24) is 0 Å². The maximum absolute atomic E-state index is 10.4. The molecule has 0 aromatic rings. The van der Waals surface area contributed by atoms with E-state index in [0.717, 1.165) is 38.5 Å². The molecule has 5 heteroatoms. The van der Waals surface area contributed by atoms with Crippen LogP contribution in [0, 0.1) is 0 Å². The highest BCUT2D eigenvalue weighted by Crippen LogP contribution is 2.20. The maximum atomic E-state index is 10.4. The summed E-state index contributed by atoms with van der Waals surface area (Å²) in [6.07, 6.45) is 6.62. The zero-order valence-electron chi connectivity index (χ0n) is 7.61. The summed E-state index contributed by atoms with van der Waals surface area (Å²) in [5.41, 5.74) is 0. The summed E-state index contributed by atoms with van der Waals surface area (Å²) < 4.78 is 33.9. The van der Waals surface area contributed by atoms with Crippen LogP contribution in [0.3, 0.4) is 0 Å². The van der Waals surface area contributed by atoms with E-state index in [-0.39, 0.29) is 6.10 Å². The van der Waals surface area contributed by atoms with Gasteiger partial charge in [0.1, 0.15) is 0 Å². The highest BCUT2D eigenvalue weighted by Gasteiger charge is 2.17. The van der Waals surface area contributed by atoms with Crippen molar-refractivity contribution in [2.75, 3.05) is 0 Å². The van der Waals surface area contributed by atoms with E-state index in [9.17, 15) is 8.42 Å². The van der Waals surface area contributed by atoms with Gasteiger partial charge in [0.25, 0.3) is 0 Å². The van der Waals surface area contributed by atoms with E-state index in [4.69, 9.17) is 4.55 Å². The van der Waals surface area contributed by atoms with Gasteiger partial charge in [0, 0.05) is 0 Å². The second-order valence-corrected chi connectivity index (χ2v) is 4.54. The molecule has 0 amide bonds. The number of hydrogen-bond acceptors (Lipinski definition) is 3. The summed E-state index contributed by atoms with van der Waals surface area (Å²) in [6.45, 7) is 0. The van der Waals surface area contributed by atoms with Crippen LogP contribution >= 0.6 is 0 Å². The molecule has 1 aliphatic carbocycles. The molecule has 13 heavy (non-hydrogen) atoms. The van der Waals surface area contributed by atoms with Crippen molar-refractivity contribution in [3.8, 4) is 0 Å². The molecule has 0 radical (unpaired) electrons. The Hall–Kier alpha value is -0.130. The van der Waals surface area contributed by atoms with Gasteiger partial charge in [0.05, 0.1) is 6.10 Å². The van der Waals surface area contributed by atoms with Gasteiger partial charge in [-0.3, -0.25) is 4.55 Å². The van der Waals surface area contributed by atoms with Crippen LogP contribution in [0.25, 0.3) is 0 Å². The lowest BCUT2D eigenvalue weighted by atomic mass is 9.99. The van der Waals surface area contributed by atoms with Crippen molar-refractivity contribution < 1.29 is 17.2 Å². The molecular formula is C8H16O4S.